The van der Waals surface area contributed by atoms with Crippen molar-refractivity contribution in [3.05, 3.63) is 64.1 Å². The molecule has 1 spiro atoms. The van der Waals surface area contributed by atoms with Crippen LogP contribution in [-0.2, 0) is 10.3 Å². The minimum absolute atomic E-state index is 0.0507. The van der Waals surface area contributed by atoms with Crippen molar-refractivity contribution >= 4 is 33.2 Å². The van der Waals surface area contributed by atoms with Crippen LogP contribution in [0.3, 0.4) is 0 Å². The minimum Gasteiger partial charge on any atom is -0.323 e. The van der Waals surface area contributed by atoms with E-state index >= 15 is 0 Å². The summed E-state index contributed by atoms with van der Waals surface area (Å²) in [5.41, 5.74) is 6.01. The molecule has 104 valence electrons. The van der Waals surface area contributed by atoms with Crippen molar-refractivity contribution in [3.8, 4) is 0 Å². The van der Waals surface area contributed by atoms with Crippen molar-refractivity contribution in [2.24, 2.45) is 5.10 Å². The van der Waals surface area contributed by atoms with E-state index in [2.05, 4.69) is 31.8 Å². The monoisotopic (exact) mass is 341 g/mol. The quantitative estimate of drug-likeness (QED) is 0.837. The molecule has 0 aromatic heterocycles. The molecule has 0 saturated heterocycles. The molecule has 2 aliphatic rings. The van der Waals surface area contributed by atoms with Gasteiger partial charge in [0.15, 0.2) is 5.54 Å². The van der Waals surface area contributed by atoms with Gasteiger partial charge in [-0.15, -0.1) is 0 Å². The van der Waals surface area contributed by atoms with Crippen LogP contribution in [0.2, 0.25) is 0 Å². The molecule has 0 aliphatic carbocycles. The summed E-state index contributed by atoms with van der Waals surface area (Å²) >= 11 is 3.47. The van der Waals surface area contributed by atoms with Gasteiger partial charge in [0.1, 0.15) is 0 Å². The number of benzene rings is 2. The van der Waals surface area contributed by atoms with Gasteiger partial charge < -0.3 is 5.32 Å². The first-order chi connectivity index (χ1) is 10.2. The van der Waals surface area contributed by atoms with Crippen molar-refractivity contribution < 1.29 is 4.79 Å². The molecule has 5 heteroatoms. The third-order valence-electron chi connectivity index (χ3n) is 4.00. The van der Waals surface area contributed by atoms with Crippen LogP contribution in [0.5, 0.6) is 0 Å². The molecule has 0 saturated carbocycles. The number of hydrogen-bond donors (Lipinski definition) is 2. The van der Waals surface area contributed by atoms with Crippen LogP contribution in [0.4, 0.5) is 5.69 Å². The van der Waals surface area contributed by atoms with Crippen molar-refractivity contribution in [1.29, 1.82) is 0 Å². The summed E-state index contributed by atoms with van der Waals surface area (Å²) in [6.07, 6.45) is 0.548. The fraction of sp³-hybridized carbons (Fsp3) is 0.125. The van der Waals surface area contributed by atoms with Crippen LogP contribution in [-0.4, -0.2) is 11.6 Å². The van der Waals surface area contributed by atoms with E-state index in [9.17, 15) is 4.79 Å². The van der Waals surface area contributed by atoms with E-state index in [1.807, 2.05) is 48.5 Å². The Bertz CT molecular complexity index is 772. The summed E-state index contributed by atoms with van der Waals surface area (Å²) in [5.74, 6) is -0.0507. The highest BCUT2D eigenvalue weighted by Crippen LogP contribution is 2.42. The first-order valence-electron chi connectivity index (χ1n) is 6.70. The fourth-order valence-electron chi connectivity index (χ4n) is 2.91. The van der Waals surface area contributed by atoms with Gasteiger partial charge in [0.25, 0.3) is 5.91 Å². The molecule has 4 nitrogen and oxygen atoms in total. The molecule has 0 fully saturated rings. The Kier molecular flexibility index (Phi) is 2.65. The number of hydrogen-bond acceptors (Lipinski definition) is 3. The number of carbonyl (C=O) groups excluding carboxylic acids is 1. The van der Waals surface area contributed by atoms with Gasteiger partial charge in [-0.05, 0) is 23.8 Å². The standard InChI is InChI=1S/C16H12BrN3O/c17-11-6-7-13-12(8-11)16(15(21)18-13)9-14(19-20-16)10-4-2-1-3-5-10/h1-8,20H,9H2,(H,18,21). The normalized spacial score (nSPS) is 22.7. The van der Waals surface area contributed by atoms with Gasteiger partial charge in [-0.1, -0.05) is 46.3 Å². The molecule has 0 radical (unpaired) electrons. The van der Waals surface area contributed by atoms with Gasteiger partial charge in [0.2, 0.25) is 0 Å². The Morgan fingerprint density at radius 3 is 2.76 bits per heavy atom. The van der Waals surface area contributed by atoms with Gasteiger partial charge in [-0.2, -0.15) is 5.10 Å². The van der Waals surface area contributed by atoms with Crippen LogP contribution in [0.1, 0.15) is 17.5 Å². The van der Waals surface area contributed by atoms with Crippen LogP contribution in [0.15, 0.2) is 58.1 Å². The second-order valence-corrected chi connectivity index (χ2v) is 6.18. The van der Waals surface area contributed by atoms with Crippen LogP contribution in [0, 0.1) is 0 Å². The number of hydrazone groups is 1. The number of anilines is 1. The molecule has 2 aromatic rings. The van der Waals surface area contributed by atoms with Gasteiger partial charge in [0, 0.05) is 22.1 Å². The maximum atomic E-state index is 12.5. The summed E-state index contributed by atoms with van der Waals surface area (Å²) < 4.78 is 0.951. The molecular formula is C16H12BrN3O. The maximum Gasteiger partial charge on any atom is 0.256 e. The lowest BCUT2D eigenvalue weighted by atomic mass is 9.86. The molecule has 1 unspecified atom stereocenters. The highest BCUT2D eigenvalue weighted by Gasteiger charge is 2.50. The predicted molar refractivity (Wildman–Crippen MR) is 85.2 cm³/mol. The number of amides is 1. The number of fused-ring (bicyclic) bond motifs is 2. The van der Waals surface area contributed by atoms with E-state index in [0.29, 0.717) is 6.42 Å². The van der Waals surface area contributed by atoms with E-state index < -0.39 is 5.54 Å². The molecule has 1 amide bonds. The van der Waals surface area contributed by atoms with Gasteiger partial charge in [-0.3, -0.25) is 10.2 Å². The third kappa shape index (κ3) is 1.81. The molecule has 2 aromatic carbocycles. The Hall–Kier alpha value is -2.14. The number of nitrogens with one attached hydrogen (secondary N) is 2. The summed E-state index contributed by atoms with van der Waals surface area (Å²) in [6, 6.07) is 15.7. The first kappa shape index (κ1) is 12.6. The maximum absolute atomic E-state index is 12.5. The second kappa shape index (κ2) is 4.43. The Balaban J connectivity index is 1.76. The van der Waals surface area contributed by atoms with Crippen LogP contribution >= 0.6 is 15.9 Å². The third-order valence-corrected chi connectivity index (χ3v) is 4.49. The Labute approximate surface area is 130 Å². The molecule has 21 heavy (non-hydrogen) atoms. The van der Waals surface area contributed by atoms with Crippen LogP contribution in [0.25, 0.3) is 0 Å². The highest BCUT2D eigenvalue weighted by atomic mass is 79.9. The average molecular weight is 342 g/mol. The minimum atomic E-state index is -0.787. The van der Waals surface area contributed by atoms with E-state index in [1.54, 1.807) is 0 Å². The van der Waals surface area contributed by atoms with E-state index in [1.165, 1.54) is 0 Å². The summed E-state index contributed by atoms with van der Waals surface area (Å²) in [7, 11) is 0. The van der Waals surface area contributed by atoms with E-state index in [4.69, 9.17) is 0 Å². The zero-order chi connectivity index (χ0) is 14.4. The number of rotatable bonds is 1. The zero-order valence-corrected chi connectivity index (χ0v) is 12.6. The smallest absolute Gasteiger partial charge is 0.256 e. The Morgan fingerprint density at radius 2 is 1.95 bits per heavy atom. The van der Waals surface area contributed by atoms with E-state index in [0.717, 1.165) is 27.0 Å². The lowest BCUT2D eigenvalue weighted by Crippen LogP contribution is -2.42. The van der Waals surface area contributed by atoms with Crippen molar-refractivity contribution in [2.45, 2.75) is 12.0 Å². The molecule has 2 aliphatic heterocycles. The van der Waals surface area contributed by atoms with Crippen molar-refractivity contribution in [2.75, 3.05) is 5.32 Å². The lowest BCUT2D eigenvalue weighted by Gasteiger charge is -2.21. The largest absolute Gasteiger partial charge is 0.323 e. The fourth-order valence-corrected chi connectivity index (χ4v) is 3.27. The summed E-state index contributed by atoms with van der Waals surface area (Å²) in [4.78, 5) is 12.5. The first-order valence-corrected chi connectivity index (χ1v) is 7.49. The second-order valence-electron chi connectivity index (χ2n) is 5.26. The SMILES string of the molecule is O=C1Nc2ccc(Br)cc2C12CC(c1ccccc1)=NN2. The Morgan fingerprint density at radius 1 is 1.14 bits per heavy atom. The molecule has 2 heterocycles. The number of carbonyl (C=O) groups is 1. The molecular weight excluding hydrogens is 330 g/mol. The zero-order valence-electron chi connectivity index (χ0n) is 11.1. The van der Waals surface area contributed by atoms with Gasteiger partial charge in [0.05, 0.1) is 5.71 Å². The lowest BCUT2D eigenvalue weighted by molar-refractivity contribution is -0.121. The van der Waals surface area contributed by atoms with Gasteiger partial charge >= 0.3 is 0 Å². The molecule has 4 rings (SSSR count). The van der Waals surface area contributed by atoms with Crippen LogP contribution < -0.4 is 10.7 Å². The van der Waals surface area contributed by atoms with E-state index in [-0.39, 0.29) is 5.91 Å². The molecule has 2 N–H and O–H groups in total. The molecule has 0 bridgehead atoms. The summed E-state index contributed by atoms with van der Waals surface area (Å²) in [5, 5.41) is 7.34. The van der Waals surface area contributed by atoms with Crippen molar-refractivity contribution in [1.82, 2.24) is 5.43 Å². The topological polar surface area (TPSA) is 53.5 Å². The highest BCUT2D eigenvalue weighted by molar-refractivity contribution is 9.10. The molecule has 1 atom stereocenters. The number of nitrogens with zero attached hydrogens (tertiary/aromatic N) is 1. The van der Waals surface area contributed by atoms with Crippen molar-refractivity contribution in [3.63, 3.8) is 0 Å². The average Bonchev–Trinajstić information content (AvgIpc) is 3.06. The predicted octanol–water partition coefficient (Wildman–Crippen LogP) is 2.99. The number of halogens is 1. The van der Waals surface area contributed by atoms with Gasteiger partial charge in [-0.25, -0.2) is 0 Å². The summed E-state index contributed by atoms with van der Waals surface area (Å²) in [6.45, 7) is 0.